The standard InChI is InChI=1S/C13H20BrN3O/c1-9-4-12(14)13(15-6-9)17-8-11(18)5-10(17)7-16(2)3/h4,6,10-11,18H,5,7-8H2,1-3H3. The van der Waals surface area contributed by atoms with E-state index in [1.807, 2.05) is 13.1 Å². The Hall–Kier alpha value is -0.650. The summed E-state index contributed by atoms with van der Waals surface area (Å²) in [5.41, 5.74) is 1.13. The molecule has 0 saturated carbocycles. The quantitative estimate of drug-likeness (QED) is 0.921. The van der Waals surface area contributed by atoms with Crippen LogP contribution in [-0.2, 0) is 0 Å². The first kappa shape index (κ1) is 13.8. The molecule has 2 atom stereocenters. The van der Waals surface area contributed by atoms with Gasteiger partial charge in [0, 0.05) is 25.3 Å². The van der Waals surface area contributed by atoms with E-state index in [9.17, 15) is 5.11 Å². The molecule has 0 bridgehead atoms. The summed E-state index contributed by atoms with van der Waals surface area (Å²) in [5, 5.41) is 9.89. The van der Waals surface area contributed by atoms with Crippen LogP contribution in [0, 0.1) is 6.92 Å². The van der Waals surface area contributed by atoms with Crippen molar-refractivity contribution in [1.29, 1.82) is 0 Å². The second-order valence-electron chi connectivity index (χ2n) is 5.28. The average Bonchev–Trinajstić information content (AvgIpc) is 2.58. The molecule has 2 heterocycles. The van der Waals surface area contributed by atoms with E-state index in [1.165, 1.54) is 0 Å². The Balaban J connectivity index is 2.24. The highest BCUT2D eigenvalue weighted by molar-refractivity contribution is 9.10. The van der Waals surface area contributed by atoms with Gasteiger partial charge in [-0.2, -0.15) is 0 Å². The first-order valence-corrected chi connectivity index (χ1v) is 6.98. The van der Waals surface area contributed by atoms with Crippen LogP contribution >= 0.6 is 15.9 Å². The zero-order valence-corrected chi connectivity index (χ0v) is 12.7. The number of aliphatic hydroxyl groups excluding tert-OH is 1. The molecule has 2 rings (SSSR count). The van der Waals surface area contributed by atoms with Gasteiger partial charge in [-0.1, -0.05) is 0 Å². The monoisotopic (exact) mass is 313 g/mol. The summed E-state index contributed by atoms with van der Waals surface area (Å²) in [4.78, 5) is 8.85. The lowest BCUT2D eigenvalue weighted by molar-refractivity contribution is 0.191. The Bertz CT molecular complexity index is 425. The summed E-state index contributed by atoms with van der Waals surface area (Å²) >= 11 is 3.57. The average molecular weight is 314 g/mol. The summed E-state index contributed by atoms with van der Waals surface area (Å²) < 4.78 is 1.00. The van der Waals surface area contributed by atoms with Gasteiger partial charge < -0.3 is 14.9 Å². The SMILES string of the molecule is Cc1cnc(N2CC(O)CC2CN(C)C)c(Br)c1. The predicted octanol–water partition coefficient (Wildman–Crippen LogP) is 1.65. The van der Waals surface area contributed by atoms with Crippen LogP contribution in [0.4, 0.5) is 5.82 Å². The second kappa shape index (κ2) is 5.55. The maximum Gasteiger partial charge on any atom is 0.143 e. The molecule has 0 amide bonds. The highest BCUT2D eigenvalue weighted by Gasteiger charge is 2.32. The van der Waals surface area contributed by atoms with Gasteiger partial charge in [-0.15, -0.1) is 0 Å². The van der Waals surface area contributed by atoms with Gasteiger partial charge in [-0.25, -0.2) is 4.98 Å². The first-order valence-electron chi connectivity index (χ1n) is 6.19. The zero-order chi connectivity index (χ0) is 13.3. The third-order valence-corrected chi connectivity index (χ3v) is 3.78. The molecule has 1 aromatic heterocycles. The predicted molar refractivity (Wildman–Crippen MR) is 77.0 cm³/mol. The smallest absolute Gasteiger partial charge is 0.143 e. The Morgan fingerprint density at radius 2 is 2.28 bits per heavy atom. The van der Waals surface area contributed by atoms with Crippen molar-refractivity contribution in [1.82, 2.24) is 9.88 Å². The second-order valence-corrected chi connectivity index (χ2v) is 6.13. The molecule has 1 N–H and O–H groups in total. The first-order chi connectivity index (χ1) is 8.47. The van der Waals surface area contributed by atoms with E-state index in [2.05, 4.69) is 50.9 Å². The Morgan fingerprint density at radius 3 is 2.89 bits per heavy atom. The van der Waals surface area contributed by atoms with Crippen molar-refractivity contribution < 1.29 is 5.11 Å². The maximum absolute atomic E-state index is 9.89. The number of rotatable bonds is 3. The number of anilines is 1. The van der Waals surface area contributed by atoms with Gasteiger partial charge in [-0.05, 0) is 55.0 Å². The minimum atomic E-state index is -0.259. The van der Waals surface area contributed by atoms with Gasteiger partial charge in [0.05, 0.1) is 10.6 Å². The molecule has 1 aromatic rings. The molecule has 5 heteroatoms. The van der Waals surface area contributed by atoms with Crippen LogP contribution in [0.1, 0.15) is 12.0 Å². The number of hydrogen-bond acceptors (Lipinski definition) is 4. The van der Waals surface area contributed by atoms with Crippen molar-refractivity contribution in [3.63, 3.8) is 0 Å². The number of pyridine rings is 1. The van der Waals surface area contributed by atoms with Gasteiger partial charge in [0.25, 0.3) is 0 Å². The van der Waals surface area contributed by atoms with E-state index in [-0.39, 0.29) is 6.10 Å². The van der Waals surface area contributed by atoms with Crippen molar-refractivity contribution in [2.45, 2.75) is 25.5 Å². The minimum absolute atomic E-state index is 0.259. The minimum Gasteiger partial charge on any atom is -0.391 e. The fourth-order valence-corrected chi connectivity index (χ4v) is 3.17. The van der Waals surface area contributed by atoms with E-state index in [4.69, 9.17) is 0 Å². The number of aromatic nitrogens is 1. The van der Waals surface area contributed by atoms with Crippen molar-refractivity contribution in [2.75, 3.05) is 32.1 Å². The number of hydrogen-bond donors (Lipinski definition) is 1. The topological polar surface area (TPSA) is 39.6 Å². The highest BCUT2D eigenvalue weighted by Crippen LogP contribution is 2.31. The normalized spacial score (nSPS) is 24.0. The Morgan fingerprint density at radius 1 is 1.56 bits per heavy atom. The fourth-order valence-electron chi connectivity index (χ4n) is 2.48. The molecule has 1 fully saturated rings. The molecular formula is C13H20BrN3O. The summed E-state index contributed by atoms with van der Waals surface area (Å²) in [6.07, 6.45) is 2.42. The van der Waals surface area contributed by atoms with Crippen molar-refractivity contribution in [3.05, 3.63) is 22.3 Å². The molecular weight excluding hydrogens is 294 g/mol. The summed E-state index contributed by atoms with van der Waals surface area (Å²) in [6.45, 7) is 3.61. The molecule has 1 aliphatic heterocycles. The van der Waals surface area contributed by atoms with E-state index < -0.39 is 0 Å². The summed E-state index contributed by atoms with van der Waals surface area (Å²) in [5.74, 6) is 0.934. The number of likely N-dealkylation sites (N-methyl/N-ethyl adjacent to an activating group) is 1. The van der Waals surface area contributed by atoms with Gasteiger partial charge in [0.2, 0.25) is 0 Å². The van der Waals surface area contributed by atoms with Crippen LogP contribution in [0.5, 0.6) is 0 Å². The molecule has 0 aromatic carbocycles. The third kappa shape index (κ3) is 3.02. The number of β-amino-alcohol motifs (C(OH)–C–C–N with tert-alkyl or cyclic N) is 1. The van der Waals surface area contributed by atoms with E-state index in [0.29, 0.717) is 12.6 Å². The molecule has 0 aliphatic carbocycles. The Labute approximate surface area is 117 Å². The molecule has 18 heavy (non-hydrogen) atoms. The van der Waals surface area contributed by atoms with Crippen molar-refractivity contribution >= 4 is 21.7 Å². The lowest BCUT2D eigenvalue weighted by Crippen LogP contribution is -2.38. The number of nitrogens with zero attached hydrogens (tertiary/aromatic N) is 3. The number of halogens is 1. The number of aliphatic hydroxyl groups is 1. The van der Waals surface area contributed by atoms with Crippen molar-refractivity contribution in [3.8, 4) is 0 Å². The molecule has 2 unspecified atom stereocenters. The Kier molecular flexibility index (Phi) is 4.25. The van der Waals surface area contributed by atoms with Gasteiger partial charge in [-0.3, -0.25) is 0 Å². The molecule has 1 aliphatic rings. The number of aryl methyl sites for hydroxylation is 1. The van der Waals surface area contributed by atoms with E-state index >= 15 is 0 Å². The van der Waals surface area contributed by atoms with Gasteiger partial charge in [0.1, 0.15) is 5.82 Å². The van der Waals surface area contributed by atoms with Crippen LogP contribution in [0.3, 0.4) is 0 Å². The molecule has 0 radical (unpaired) electrons. The van der Waals surface area contributed by atoms with Crippen LogP contribution in [0.15, 0.2) is 16.7 Å². The summed E-state index contributed by atoms with van der Waals surface area (Å²) in [6, 6.07) is 2.39. The van der Waals surface area contributed by atoms with Crippen LogP contribution < -0.4 is 4.90 Å². The largest absolute Gasteiger partial charge is 0.391 e. The van der Waals surface area contributed by atoms with Crippen LogP contribution in [0.25, 0.3) is 0 Å². The lowest BCUT2D eigenvalue weighted by atomic mass is 10.2. The zero-order valence-electron chi connectivity index (χ0n) is 11.1. The highest BCUT2D eigenvalue weighted by atomic mass is 79.9. The van der Waals surface area contributed by atoms with Crippen LogP contribution in [0.2, 0.25) is 0 Å². The lowest BCUT2D eigenvalue weighted by Gasteiger charge is -2.28. The maximum atomic E-state index is 9.89. The molecule has 4 nitrogen and oxygen atoms in total. The molecule has 0 spiro atoms. The van der Waals surface area contributed by atoms with E-state index in [0.717, 1.165) is 28.8 Å². The van der Waals surface area contributed by atoms with Gasteiger partial charge >= 0.3 is 0 Å². The molecule has 100 valence electrons. The van der Waals surface area contributed by atoms with Crippen LogP contribution in [-0.4, -0.2) is 54.3 Å². The fraction of sp³-hybridized carbons (Fsp3) is 0.615. The molecule has 1 saturated heterocycles. The van der Waals surface area contributed by atoms with Crippen molar-refractivity contribution in [2.24, 2.45) is 0 Å². The van der Waals surface area contributed by atoms with E-state index in [1.54, 1.807) is 0 Å². The van der Waals surface area contributed by atoms with Gasteiger partial charge in [0.15, 0.2) is 0 Å². The third-order valence-electron chi connectivity index (χ3n) is 3.20. The summed E-state index contributed by atoms with van der Waals surface area (Å²) in [7, 11) is 4.11.